The van der Waals surface area contributed by atoms with Crippen molar-refractivity contribution in [2.75, 3.05) is 18.0 Å². The summed E-state index contributed by atoms with van der Waals surface area (Å²) in [6.07, 6.45) is 3.23. The van der Waals surface area contributed by atoms with Gasteiger partial charge < -0.3 is 10.6 Å². The van der Waals surface area contributed by atoms with Gasteiger partial charge in [-0.25, -0.2) is 0 Å². The highest BCUT2D eigenvalue weighted by atomic mass is 15.3. The Hall–Kier alpha value is -1.94. The number of nitrogens with two attached hydrogens (primary N) is 1. The van der Waals surface area contributed by atoms with Crippen LogP contribution in [0.5, 0.6) is 0 Å². The van der Waals surface area contributed by atoms with Crippen molar-refractivity contribution in [1.29, 1.82) is 0 Å². The number of hydrogen-bond donors (Lipinski definition) is 1. The lowest BCUT2D eigenvalue weighted by Gasteiger charge is -2.31. The SMILES string of the molecule is CCc1ccccc1-c1ccc(N2CCCC(N)C2)nn1. The molecule has 2 N–H and O–H groups in total. The van der Waals surface area contributed by atoms with E-state index < -0.39 is 0 Å². The maximum atomic E-state index is 6.03. The van der Waals surface area contributed by atoms with Crippen LogP contribution in [0.4, 0.5) is 5.82 Å². The van der Waals surface area contributed by atoms with Gasteiger partial charge in [-0.3, -0.25) is 0 Å². The van der Waals surface area contributed by atoms with Gasteiger partial charge in [-0.1, -0.05) is 31.2 Å². The van der Waals surface area contributed by atoms with Crippen LogP contribution in [0.3, 0.4) is 0 Å². The number of aryl methyl sites for hydroxylation is 1. The van der Waals surface area contributed by atoms with Gasteiger partial charge in [0.1, 0.15) is 0 Å². The zero-order valence-corrected chi connectivity index (χ0v) is 12.5. The minimum atomic E-state index is 0.251. The van der Waals surface area contributed by atoms with E-state index in [9.17, 15) is 0 Å². The lowest BCUT2D eigenvalue weighted by molar-refractivity contribution is 0.502. The molecule has 4 heteroatoms. The van der Waals surface area contributed by atoms with Crippen LogP contribution in [-0.4, -0.2) is 29.3 Å². The molecule has 4 nitrogen and oxygen atoms in total. The quantitative estimate of drug-likeness (QED) is 0.940. The molecule has 1 fully saturated rings. The molecule has 0 saturated carbocycles. The monoisotopic (exact) mass is 282 g/mol. The molecule has 0 spiro atoms. The van der Waals surface area contributed by atoms with Gasteiger partial charge in [0.15, 0.2) is 5.82 Å². The summed E-state index contributed by atoms with van der Waals surface area (Å²) in [5.41, 5.74) is 9.45. The molecule has 0 bridgehead atoms. The van der Waals surface area contributed by atoms with Gasteiger partial charge >= 0.3 is 0 Å². The average molecular weight is 282 g/mol. The first-order valence-electron chi connectivity index (χ1n) is 7.70. The molecule has 1 atom stereocenters. The maximum absolute atomic E-state index is 6.03. The van der Waals surface area contributed by atoms with E-state index in [1.165, 1.54) is 11.1 Å². The minimum absolute atomic E-state index is 0.251. The van der Waals surface area contributed by atoms with Crippen LogP contribution >= 0.6 is 0 Å². The molecule has 0 radical (unpaired) electrons. The summed E-state index contributed by atoms with van der Waals surface area (Å²) in [4.78, 5) is 2.23. The smallest absolute Gasteiger partial charge is 0.151 e. The zero-order chi connectivity index (χ0) is 14.7. The Balaban J connectivity index is 1.83. The predicted molar refractivity (Wildman–Crippen MR) is 86.3 cm³/mol. The molecular weight excluding hydrogens is 260 g/mol. The number of rotatable bonds is 3. The lowest BCUT2D eigenvalue weighted by atomic mass is 10.0. The highest BCUT2D eigenvalue weighted by Crippen LogP contribution is 2.23. The molecule has 1 aromatic heterocycles. The number of aromatic nitrogens is 2. The number of hydrogen-bond acceptors (Lipinski definition) is 4. The second-order valence-corrected chi connectivity index (χ2v) is 5.64. The van der Waals surface area contributed by atoms with Gasteiger partial charge in [0.25, 0.3) is 0 Å². The Morgan fingerprint density at radius 3 is 2.76 bits per heavy atom. The standard InChI is InChI=1S/C17H22N4/c1-2-13-6-3-4-8-15(13)16-9-10-17(20-19-16)21-11-5-7-14(18)12-21/h3-4,6,8-10,14H,2,5,7,11-12,18H2,1H3. The van der Waals surface area contributed by atoms with Crippen molar-refractivity contribution in [3.63, 3.8) is 0 Å². The lowest BCUT2D eigenvalue weighted by Crippen LogP contribution is -2.43. The number of benzene rings is 1. The van der Waals surface area contributed by atoms with Crippen molar-refractivity contribution in [3.8, 4) is 11.3 Å². The fraction of sp³-hybridized carbons (Fsp3) is 0.412. The van der Waals surface area contributed by atoms with Crippen LogP contribution in [0, 0.1) is 0 Å². The van der Waals surface area contributed by atoms with Crippen LogP contribution < -0.4 is 10.6 Å². The molecule has 21 heavy (non-hydrogen) atoms. The zero-order valence-electron chi connectivity index (χ0n) is 12.5. The summed E-state index contributed by atoms with van der Waals surface area (Å²) < 4.78 is 0. The number of nitrogens with zero attached hydrogens (tertiary/aromatic N) is 3. The maximum Gasteiger partial charge on any atom is 0.151 e. The van der Waals surface area contributed by atoms with Crippen LogP contribution in [0.25, 0.3) is 11.3 Å². The molecule has 0 amide bonds. The Kier molecular flexibility index (Phi) is 4.15. The van der Waals surface area contributed by atoms with Crippen LogP contribution in [-0.2, 0) is 6.42 Å². The summed E-state index contributed by atoms with van der Waals surface area (Å²) in [5, 5.41) is 8.83. The van der Waals surface area contributed by atoms with Crippen molar-refractivity contribution in [3.05, 3.63) is 42.0 Å². The molecule has 3 rings (SSSR count). The molecular formula is C17H22N4. The Morgan fingerprint density at radius 1 is 1.19 bits per heavy atom. The van der Waals surface area contributed by atoms with Crippen molar-refractivity contribution in [2.24, 2.45) is 5.73 Å². The van der Waals surface area contributed by atoms with Crippen molar-refractivity contribution in [2.45, 2.75) is 32.2 Å². The normalized spacial score (nSPS) is 18.8. The number of anilines is 1. The van der Waals surface area contributed by atoms with Gasteiger partial charge in [0, 0.05) is 24.7 Å². The van der Waals surface area contributed by atoms with E-state index in [4.69, 9.17) is 5.73 Å². The van der Waals surface area contributed by atoms with E-state index >= 15 is 0 Å². The second kappa shape index (κ2) is 6.22. The average Bonchev–Trinajstić information content (AvgIpc) is 2.55. The summed E-state index contributed by atoms with van der Waals surface area (Å²) in [6, 6.07) is 12.8. The molecule has 1 aromatic carbocycles. The Morgan fingerprint density at radius 2 is 2.05 bits per heavy atom. The van der Waals surface area contributed by atoms with E-state index in [1.54, 1.807) is 0 Å². The van der Waals surface area contributed by atoms with Gasteiger partial charge in [0.05, 0.1) is 5.69 Å². The molecule has 110 valence electrons. The molecule has 2 aromatic rings. The minimum Gasteiger partial charge on any atom is -0.354 e. The third kappa shape index (κ3) is 3.05. The molecule has 1 aliphatic rings. The molecule has 0 aliphatic carbocycles. The first kappa shape index (κ1) is 14.0. The van der Waals surface area contributed by atoms with Gasteiger partial charge in [-0.15, -0.1) is 10.2 Å². The molecule has 1 saturated heterocycles. The third-order valence-electron chi connectivity index (χ3n) is 4.11. The highest BCUT2D eigenvalue weighted by Gasteiger charge is 2.18. The summed E-state index contributed by atoms with van der Waals surface area (Å²) >= 11 is 0. The second-order valence-electron chi connectivity index (χ2n) is 5.64. The van der Waals surface area contributed by atoms with Gasteiger partial charge in [0.2, 0.25) is 0 Å². The fourth-order valence-electron chi connectivity index (χ4n) is 2.93. The number of piperidine rings is 1. The van der Waals surface area contributed by atoms with E-state index in [0.29, 0.717) is 0 Å². The van der Waals surface area contributed by atoms with Crippen LogP contribution in [0.2, 0.25) is 0 Å². The predicted octanol–water partition coefficient (Wildman–Crippen LogP) is 2.63. The first-order chi connectivity index (χ1) is 10.3. The van der Waals surface area contributed by atoms with Gasteiger partial charge in [-0.2, -0.15) is 0 Å². The van der Waals surface area contributed by atoms with Crippen molar-refractivity contribution < 1.29 is 0 Å². The summed E-state index contributed by atoms with van der Waals surface area (Å²) in [5.74, 6) is 0.933. The molecule has 1 unspecified atom stereocenters. The summed E-state index contributed by atoms with van der Waals surface area (Å²) in [7, 11) is 0. The van der Waals surface area contributed by atoms with Crippen molar-refractivity contribution in [1.82, 2.24) is 10.2 Å². The topological polar surface area (TPSA) is 55.0 Å². The highest BCUT2D eigenvalue weighted by molar-refractivity contribution is 5.64. The van der Waals surface area contributed by atoms with E-state index in [-0.39, 0.29) is 6.04 Å². The van der Waals surface area contributed by atoms with E-state index in [0.717, 1.165) is 43.9 Å². The van der Waals surface area contributed by atoms with E-state index in [2.05, 4.69) is 52.4 Å². The third-order valence-corrected chi connectivity index (χ3v) is 4.11. The molecule has 1 aliphatic heterocycles. The first-order valence-corrected chi connectivity index (χ1v) is 7.70. The fourth-order valence-corrected chi connectivity index (χ4v) is 2.93. The largest absolute Gasteiger partial charge is 0.354 e. The molecule has 2 heterocycles. The van der Waals surface area contributed by atoms with Gasteiger partial charge in [-0.05, 0) is 37.0 Å². The van der Waals surface area contributed by atoms with Crippen molar-refractivity contribution >= 4 is 5.82 Å². The summed E-state index contributed by atoms with van der Waals surface area (Å²) in [6.45, 7) is 4.06. The Bertz CT molecular complexity index is 594. The van der Waals surface area contributed by atoms with E-state index in [1.807, 2.05) is 6.07 Å². The van der Waals surface area contributed by atoms with Crippen LogP contribution in [0.15, 0.2) is 36.4 Å². The van der Waals surface area contributed by atoms with Crippen LogP contribution in [0.1, 0.15) is 25.3 Å². The Labute approximate surface area is 126 Å².